The Bertz CT molecular complexity index is 148. The molecule has 0 heterocycles. The maximum atomic E-state index is 3.77. The van der Waals surface area contributed by atoms with Crippen molar-refractivity contribution in [2.75, 3.05) is 13.1 Å². The van der Waals surface area contributed by atoms with Crippen LogP contribution in [0.15, 0.2) is 12.2 Å². The second kappa shape index (κ2) is 6.38. The molecule has 1 nitrogen and oxygen atoms in total. The fraction of sp³-hybridized carbons (Fsp3) is 0.556. The average Bonchev–Trinajstić information content (AvgIpc) is 1.87. The van der Waals surface area contributed by atoms with Crippen molar-refractivity contribution < 1.29 is 0 Å². The van der Waals surface area contributed by atoms with Crippen molar-refractivity contribution in [2.45, 2.75) is 20.3 Å². The maximum absolute atomic E-state index is 3.77. The summed E-state index contributed by atoms with van der Waals surface area (Å²) >= 11 is 0. The largest absolute Gasteiger partial charge is 0.312 e. The summed E-state index contributed by atoms with van der Waals surface area (Å²) in [6.45, 7) is 9.52. The van der Waals surface area contributed by atoms with Gasteiger partial charge < -0.3 is 5.32 Å². The molecule has 0 bridgehead atoms. The molecule has 0 aliphatic heterocycles. The molecule has 0 spiro atoms. The van der Waals surface area contributed by atoms with Gasteiger partial charge in [0.15, 0.2) is 0 Å². The zero-order valence-electron chi connectivity index (χ0n) is 6.83. The van der Waals surface area contributed by atoms with E-state index in [1.54, 1.807) is 0 Å². The number of hydrogen-bond donors (Lipinski definition) is 1. The van der Waals surface area contributed by atoms with Gasteiger partial charge in [0.2, 0.25) is 0 Å². The lowest BCUT2D eigenvalue weighted by atomic mass is 10.3. The quantitative estimate of drug-likeness (QED) is 0.352. The molecule has 0 aromatic rings. The molecule has 0 saturated carbocycles. The minimum absolute atomic E-state index is 0.908. The predicted molar refractivity (Wildman–Crippen MR) is 45.8 cm³/mol. The van der Waals surface area contributed by atoms with E-state index in [1.807, 2.05) is 13.8 Å². The summed E-state index contributed by atoms with van der Waals surface area (Å²) in [6.07, 6.45) is 0.934. The maximum Gasteiger partial charge on any atom is 0.0214 e. The van der Waals surface area contributed by atoms with Crippen LogP contribution < -0.4 is 5.32 Å². The van der Waals surface area contributed by atoms with Gasteiger partial charge >= 0.3 is 0 Å². The summed E-state index contributed by atoms with van der Waals surface area (Å²) in [6, 6.07) is 0. The SMILES string of the molecule is C=C(C)CNCCC#CC. The summed E-state index contributed by atoms with van der Waals surface area (Å²) < 4.78 is 0. The van der Waals surface area contributed by atoms with Crippen molar-refractivity contribution in [2.24, 2.45) is 0 Å². The number of hydrogen-bond acceptors (Lipinski definition) is 1. The van der Waals surface area contributed by atoms with Crippen molar-refractivity contribution in [1.29, 1.82) is 0 Å². The molecule has 0 unspecified atom stereocenters. The average molecular weight is 137 g/mol. The third-order valence-corrected chi connectivity index (χ3v) is 1.03. The van der Waals surface area contributed by atoms with E-state index in [9.17, 15) is 0 Å². The van der Waals surface area contributed by atoms with Gasteiger partial charge in [-0.15, -0.1) is 11.8 Å². The highest BCUT2D eigenvalue weighted by atomic mass is 14.8. The van der Waals surface area contributed by atoms with Crippen LogP contribution in [0.2, 0.25) is 0 Å². The minimum Gasteiger partial charge on any atom is -0.312 e. The first-order chi connectivity index (χ1) is 4.77. The van der Waals surface area contributed by atoms with E-state index >= 15 is 0 Å². The molecule has 0 saturated heterocycles. The minimum atomic E-state index is 0.908. The van der Waals surface area contributed by atoms with Crippen LogP contribution in [0, 0.1) is 11.8 Å². The van der Waals surface area contributed by atoms with Crippen LogP contribution in [0.1, 0.15) is 20.3 Å². The highest BCUT2D eigenvalue weighted by molar-refractivity contribution is 4.96. The summed E-state index contributed by atoms with van der Waals surface area (Å²) in [5, 5.41) is 3.22. The van der Waals surface area contributed by atoms with E-state index in [1.165, 1.54) is 5.57 Å². The third-order valence-electron chi connectivity index (χ3n) is 1.03. The zero-order valence-corrected chi connectivity index (χ0v) is 6.83. The van der Waals surface area contributed by atoms with Crippen molar-refractivity contribution in [1.82, 2.24) is 5.32 Å². The monoisotopic (exact) mass is 137 g/mol. The first kappa shape index (κ1) is 9.26. The Balaban J connectivity index is 3.03. The zero-order chi connectivity index (χ0) is 7.82. The van der Waals surface area contributed by atoms with Crippen LogP contribution in [0.3, 0.4) is 0 Å². The van der Waals surface area contributed by atoms with Gasteiger partial charge in [0.1, 0.15) is 0 Å². The first-order valence-corrected chi connectivity index (χ1v) is 3.52. The Morgan fingerprint density at radius 2 is 2.30 bits per heavy atom. The molecule has 0 atom stereocenters. The van der Waals surface area contributed by atoms with Gasteiger partial charge in [-0.3, -0.25) is 0 Å². The van der Waals surface area contributed by atoms with Gasteiger partial charge in [0.05, 0.1) is 0 Å². The highest BCUT2D eigenvalue weighted by Gasteiger charge is 1.83. The van der Waals surface area contributed by atoms with Crippen LogP contribution in [0.4, 0.5) is 0 Å². The van der Waals surface area contributed by atoms with Gasteiger partial charge in [0.25, 0.3) is 0 Å². The molecule has 0 aliphatic carbocycles. The van der Waals surface area contributed by atoms with Crippen LogP contribution in [0.25, 0.3) is 0 Å². The second-order valence-electron chi connectivity index (χ2n) is 2.31. The van der Waals surface area contributed by atoms with Gasteiger partial charge in [-0.25, -0.2) is 0 Å². The first-order valence-electron chi connectivity index (χ1n) is 3.52. The van der Waals surface area contributed by atoms with Crippen molar-refractivity contribution in [3.63, 3.8) is 0 Å². The van der Waals surface area contributed by atoms with Crippen molar-refractivity contribution in [3.05, 3.63) is 12.2 Å². The molecule has 56 valence electrons. The molecule has 0 aromatic carbocycles. The molecule has 0 amide bonds. The van der Waals surface area contributed by atoms with Crippen LogP contribution in [-0.4, -0.2) is 13.1 Å². The lowest BCUT2D eigenvalue weighted by molar-refractivity contribution is 0.746. The van der Waals surface area contributed by atoms with E-state index in [0.29, 0.717) is 0 Å². The van der Waals surface area contributed by atoms with E-state index in [2.05, 4.69) is 23.7 Å². The number of nitrogens with one attached hydrogen (secondary N) is 1. The van der Waals surface area contributed by atoms with Crippen LogP contribution in [-0.2, 0) is 0 Å². The lowest BCUT2D eigenvalue weighted by Crippen LogP contribution is -2.16. The van der Waals surface area contributed by atoms with Crippen LogP contribution >= 0.6 is 0 Å². The third kappa shape index (κ3) is 7.26. The van der Waals surface area contributed by atoms with E-state index in [-0.39, 0.29) is 0 Å². The summed E-state index contributed by atoms with van der Waals surface area (Å²) in [5.41, 5.74) is 1.17. The van der Waals surface area contributed by atoms with Crippen LogP contribution in [0.5, 0.6) is 0 Å². The van der Waals surface area contributed by atoms with Crippen molar-refractivity contribution in [3.8, 4) is 11.8 Å². The molecule has 1 N–H and O–H groups in total. The van der Waals surface area contributed by atoms with Gasteiger partial charge in [-0.05, 0) is 13.8 Å². The normalized spacial score (nSPS) is 8.20. The molecule has 0 fully saturated rings. The van der Waals surface area contributed by atoms with E-state index in [4.69, 9.17) is 0 Å². The van der Waals surface area contributed by atoms with E-state index in [0.717, 1.165) is 19.5 Å². The Morgan fingerprint density at radius 3 is 2.80 bits per heavy atom. The molecular formula is C9H15N. The fourth-order valence-corrected chi connectivity index (χ4v) is 0.578. The Morgan fingerprint density at radius 1 is 1.60 bits per heavy atom. The molecular weight excluding hydrogens is 122 g/mol. The number of rotatable bonds is 4. The van der Waals surface area contributed by atoms with Gasteiger partial charge in [-0.1, -0.05) is 12.2 Å². The standard InChI is InChI=1S/C9H15N/c1-4-5-6-7-10-8-9(2)3/h10H,2,6-8H2,1,3H3. The summed E-state index contributed by atoms with van der Waals surface area (Å²) in [7, 11) is 0. The molecule has 0 radical (unpaired) electrons. The lowest BCUT2D eigenvalue weighted by Gasteiger charge is -1.98. The molecule has 0 aliphatic rings. The Labute approximate surface area is 63.5 Å². The molecule has 1 heteroatoms. The smallest absolute Gasteiger partial charge is 0.0214 e. The summed E-state index contributed by atoms with van der Waals surface area (Å²) in [5.74, 6) is 5.82. The predicted octanol–water partition coefficient (Wildman–Crippen LogP) is 1.57. The van der Waals surface area contributed by atoms with Crippen molar-refractivity contribution >= 4 is 0 Å². The van der Waals surface area contributed by atoms with Gasteiger partial charge in [-0.2, -0.15) is 0 Å². The topological polar surface area (TPSA) is 12.0 Å². The highest BCUT2D eigenvalue weighted by Crippen LogP contribution is 1.81. The molecule has 0 aromatic heterocycles. The second-order valence-corrected chi connectivity index (χ2v) is 2.31. The Hall–Kier alpha value is -0.740. The van der Waals surface area contributed by atoms with Gasteiger partial charge in [0, 0.05) is 19.5 Å². The van der Waals surface area contributed by atoms with E-state index < -0.39 is 0 Å². The summed E-state index contributed by atoms with van der Waals surface area (Å²) in [4.78, 5) is 0. The molecule has 10 heavy (non-hydrogen) atoms. The Kier molecular flexibility index (Phi) is 5.91. The molecule has 0 rings (SSSR count). The fourth-order valence-electron chi connectivity index (χ4n) is 0.578.